The highest BCUT2D eigenvalue weighted by Crippen LogP contribution is 2.33. The highest BCUT2D eigenvalue weighted by molar-refractivity contribution is 5.77. The van der Waals surface area contributed by atoms with Crippen LogP contribution in [0.4, 0.5) is 0 Å². The molecule has 0 spiro atoms. The van der Waals surface area contributed by atoms with Gasteiger partial charge in [-0.3, -0.25) is 4.98 Å². The van der Waals surface area contributed by atoms with Gasteiger partial charge in [0.1, 0.15) is 0 Å². The van der Waals surface area contributed by atoms with Crippen molar-refractivity contribution in [3.63, 3.8) is 0 Å². The fourth-order valence-electron chi connectivity index (χ4n) is 3.92. The molecule has 2 heteroatoms. The highest BCUT2D eigenvalue weighted by Gasteiger charge is 2.12. The van der Waals surface area contributed by atoms with Crippen molar-refractivity contribution < 1.29 is 0 Å². The van der Waals surface area contributed by atoms with Crippen LogP contribution in [0.2, 0.25) is 0 Å². The molecule has 140 valence electrons. The molecule has 4 rings (SSSR count). The molecule has 2 nitrogen and oxygen atoms in total. The van der Waals surface area contributed by atoms with Gasteiger partial charge < -0.3 is 0 Å². The van der Waals surface area contributed by atoms with Gasteiger partial charge in [0.25, 0.3) is 0 Å². The summed E-state index contributed by atoms with van der Waals surface area (Å²) < 4.78 is 0. The predicted octanol–water partition coefficient (Wildman–Crippen LogP) is 6.88. The molecule has 4 aromatic rings. The summed E-state index contributed by atoms with van der Waals surface area (Å²) in [6.45, 7) is 6.23. The Balaban J connectivity index is 1.75. The lowest BCUT2D eigenvalue weighted by Crippen LogP contribution is -1.95. The fourth-order valence-corrected chi connectivity index (χ4v) is 3.92. The summed E-state index contributed by atoms with van der Waals surface area (Å²) in [5.41, 5.74) is 10.8. The maximum absolute atomic E-state index is 9.21. The largest absolute Gasteiger partial charge is 0.256 e. The molecule has 0 bridgehead atoms. The zero-order valence-corrected chi connectivity index (χ0v) is 16.9. The molecule has 0 aliphatic heterocycles. The van der Waals surface area contributed by atoms with Gasteiger partial charge in [0.05, 0.1) is 17.3 Å². The minimum atomic E-state index is 0.698. The molecular weight excluding hydrogens is 352 g/mol. The van der Waals surface area contributed by atoms with Crippen LogP contribution in [0.25, 0.3) is 33.5 Å². The van der Waals surface area contributed by atoms with Crippen molar-refractivity contribution in [2.75, 3.05) is 0 Å². The minimum Gasteiger partial charge on any atom is -0.256 e. The van der Waals surface area contributed by atoms with Gasteiger partial charge in [-0.25, -0.2) is 0 Å². The Morgan fingerprint density at radius 1 is 0.690 bits per heavy atom. The van der Waals surface area contributed by atoms with E-state index in [0.717, 1.165) is 27.9 Å². The third-order valence-corrected chi connectivity index (χ3v) is 5.31. The molecular formula is C27H22N2. The summed E-state index contributed by atoms with van der Waals surface area (Å²) >= 11 is 0. The molecule has 1 aromatic heterocycles. The molecule has 3 aromatic carbocycles. The van der Waals surface area contributed by atoms with Gasteiger partial charge in [-0.1, -0.05) is 48.5 Å². The molecule has 0 fully saturated rings. The van der Waals surface area contributed by atoms with Crippen molar-refractivity contribution in [1.82, 2.24) is 4.98 Å². The maximum atomic E-state index is 9.21. The predicted molar refractivity (Wildman–Crippen MR) is 119 cm³/mol. The van der Waals surface area contributed by atoms with Crippen LogP contribution in [-0.2, 0) is 0 Å². The molecule has 0 saturated heterocycles. The Labute approximate surface area is 172 Å². The van der Waals surface area contributed by atoms with E-state index in [1.807, 2.05) is 24.4 Å². The van der Waals surface area contributed by atoms with Crippen LogP contribution < -0.4 is 0 Å². The molecule has 0 aliphatic rings. The highest BCUT2D eigenvalue weighted by atomic mass is 14.7. The lowest BCUT2D eigenvalue weighted by atomic mass is 9.91. The summed E-state index contributed by atoms with van der Waals surface area (Å²) in [4.78, 5) is 4.78. The lowest BCUT2D eigenvalue weighted by molar-refractivity contribution is 1.26. The maximum Gasteiger partial charge on any atom is 0.0991 e. The lowest BCUT2D eigenvalue weighted by Gasteiger charge is -2.14. The number of benzene rings is 3. The number of hydrogen-bond acceptors (Lipinski definition) is 2. The Hall–Kier alpha value is -3.70. The van der Waals surface area contributed by atoms with E-state index in [-0.39, 0.29) is 0 Å². The van der Waals surface area contributed by atoms with E-state index in [1.54, 1.807) is 0 Å². The molecule has 0 unspecified atom stereocenters. The van der Waals surface area contributed by atoms with Crippen molar-refractivity contribution in [3.8, 4) is 39.6 Å². The summed E-state index contributed by atoms with van der Waals surface area (Å²) in [5, 5.41) is 9.21. The average molecular weight is 374 g/mol. The third kappa shape index (κ3) is 3.68. The van der Waals surface area contributed by atoms with Gasteiger partial charge in [0.2, 0.25) is 0 Å². The monoisotopic (exact) mass is 374 g/mol. The summed E-state index contributed by atoms with van der Waals surface area (Å²) in [7, 11) is 0. The Kier molecular flexibility index (Phi) is 4.97. The molecule has 0 aliphatic carbocycles. The standard InChI is InChI=1S/C27H22N2/c1-18-14-26(24-11-7-10-23(15-24)22-8-5-4-6-9-22)29-17-25(18)27-19(2)12-21(16-28)13-20(27)3/h4-15,17H,1-3H3. The first-order valence-corrected chi connectivity index (χ1v) is 9.71. The van der Waals surface area contributed by atoms with Crippen LogP contribution in [0.3, 0.4) is 0 Å². The van der Waals surface area contributed by atoms with Gasteiger partial charge in [-0.05, 0) is 78.4 Å². The van der Waals surface area contributed by atoms with Gasteiger partial charge in [-0.2, -0.15) is 5.26 Å². The zero-order valence-electron chi connectivity index (χ0n) is 16.9. The van der Waals surface area contributed by atoms with E-state index in [0.29, 0.717) is 5.56 Å². The SMILES string of the molecule is Cc1cc(-c2cccc(-c3ccccc3)c2)ncc1-c1c(C)cc(C#N)cc1C. The van der Waals surface area contributed by atoms with Crippen molar-refractivity contribution >= 4 is 0 Å². The molecule has 0 N–H and O–H groups in total. The molecule has 0 amide bonds. The molecule has 1 heterocycles. The van der Waals surface area contributed by atoms with Gasteiger partial charge in [-0.15, -0.1) is 0 Å². The summed E-state index contributed by atoms with van der Waals surface area (Å²) in [6, 6.07) is 27.2. The third-order valence-electron chi connectivity index (χ3n) is 5.31. The van der Waals surface area contributed by atoms with Crippen LogP contribution in [0.1, 0.15) is 22.3 Å². The Morgan fingerprint density at radius 2 is 1.34 bits per heavy atom. The van der Waals surface area contributed by atoms with Crippen LogP contribution in [-0.4, -0.2) is 4.98 Å². The number of aromatic nitrogens is 1. The molecule has 0 radical (unpaired) electrons. The number of aryl methyl sites for hydroxylation is 3. The fraction of sp³-hybridized carbons (Fsp3) is 0.111. The van der Waals surface area contributed by atoms with Crippen LogP contribution in [0.5, 0.6) is 0 Å². The van der Waals surface area contributed by atoms with Gasteiger partial charge >= 0.3 is 0 Å². The topological polar surface area (TPSA) is 36.7 Å². The molecule has 29 heavy (non-hydrogen) atoms. The smallest absolute Gasteiger partial charge is 0.0991 e. The van der Waals surface area contributed by atoms with E-state index in [1.165, 1.54) is 22.3 Å². The van der Waals surface area contributed by atoms with Crippen molar-refractivity contribution in [2.24, 2.45) is 0 Å². The second kappa shape index (κ2) is 7.73. The van der Waals surface area contributed by atoms with E-state index < -0.39 is 0 Å². The first-order valence-electron chi connectivity index (χ1n) is 9.71. The van der Waals surface area contributed by atoms with Crippen molar-refractivity contribution in [1.29, 1.82) is 5.26 Å². The number of nitrogens with zero attached hydrogens (tertiary/aromatic N) is 2. The quantitative estimate of drug-likeness (QED) is 0.392. The van der Waals surface area contributed by atoms with Crippen LogP contribution in [0, 0.1) is 32.1 Å². The van der Waals surface area contributed by atoms with E-state index in [4.69, 9.17) is 4.98 Å². The van der Waals surface area contributed by atoms with E-state index in [9.17, 15) is 5.26 Å². The second-order valence-electron chi connectivity index (χ2n) is 7.43. The number of nitriles is 1. The van der Waals surface area contributed by atoms with Gasteiger partial charge in [0.15, 0.2) is 0 Å². The summed E-state index contributed by atoms with van der Waals surface area (Å²) in [6.07, 6.45) is 1.96. The average Bonchev–Trinajstić information content (AvgIpc) is 2.75. The second-order valence-corrected chi connectivity index (χ2v) is 7.43. The van der Waals surface area contributed by atoms with Crippen molar-refractivity contribution in [2.45, 2.75) is 20.8 Å². The molecule has 0 atom stereocenters. The first kappa shape index (κ1) is 18.7. The minimum absolute atomic E-state index is 0.698. The van der Waals surface area contributed by atoms with Gasteiger partial charge in [0, 0.05) is 17.3 Å². The molecule has 0 saturated carbocycles. The Bertz CT molecular complexity index is 1210. The number of pyridine rings is 1. The van der Waals surface area contributed by atoms with E-state index in [2.05, 4.69) is 81.4 Å². The normalized spacial score (nSPS) is 10.6. The Morgan fingerprint density at radius 3 is 2.00 bits per heavy atom. The first-order chi connectivity index (χ1) is 14.1. The van der Waals surface area contributed by atoms with Crippen LogP contribution in [0.15, 0.2) is 79.0 Å². The number of rotatable bonds is 3. The zero-order chi connectivity index (χ0) is 20.4. The summed E-state index contributed by atoms with van der Waals surface area (Å²) in [5.74, 6) is 0. The van der Waals surface area contributed by atoms with Crippen LogP contribution >= 0.6 is 0 Å². The van der Waals surface area contributed by atoms with Crippen molar-refractivity contribution in [3.05, 3.63) is 101 Å². The number of hydrogen-bond donors (Lipinski definition) is 0. The van der Waals surface area contributed by atoms with E-state index >= 15 is 0 Å².